The van der Waals surface area contributed by atoms with Gasteiger partial charge in [0.05, 0.1) is 0 Å². The number of pyridine rings is 2. The Morgan fingerprint density at radius 1 is 0.714 bits per heavy atom. The molecule has 0 aliphatic rings. The number of para-hydroxylation sites is 1. The molecule has 0 unspecified atom stereocenters. The first-order valence-corrected chi connectivity index (χ1v) is 11.2. The quantitative estimate of drug-likeness (QED) is 0.192. The van der Waals surface area contributed by atoms with Gasteiger partial charge in [0.15, 0.2) is 0 Å². The average Bonchev–Trinajstić information content (AvgIpc) is 3.20. The number of hydrogen-bond acceptors (Lipinski definition) is 3. The minimum Gasteiger partial charge on any atom is -0.460 e. The SMILES string of the molecule is Cc1ccnc(-n2c3[c-]c(-c4[c-]c(Oc5ccccn5)ccc4)ccc3c3ccccc32)c1C.[Pt+2]. The van der Waals surface area contributed by atoms with E-state index in [1.54, 1.807) is 6.20 Å². The Hall–Kier alpha value is -3.75. The summed E-state index contributed by atoms with van der Waals surface area (Å²) in [6.07, 6.45) is 3.58. The number of hydrogen-bond donors (Lipinski definition) is 0. The van der Waals surface area contributed by atoms with E-state index in [2.05, 4.69) is 71.9 Å². The minimum atomic E-state index is 0. The molecule has 3 aromatic carbocycles. The van der Waals surface area contributed by atoms with Crippen LogP contribution in [0.15, 0.2) is 91.3 Å². The monoisotopic (exact) mass is 634 g/mol. The molecule has 172 valence electrons. The molecule has 3 aromatic heterocycles. The first kappa shape index (κ1) is 23.0. The van der Waals surface area contributed by atoms with Crippen LogP contribution in [0.5, 0.6) is 11.6 Å². The summed E-state index contributed by atoms with van der Waals surface area (Å²) in [7, 11) is 0. The number of aryl methyl sites for hydroxylation is 1. The van der Waals surface area contributed by atoms with Gasteiger partial charge in [0.2, 0.25) is 5.88 Å². The van der Waals surface area contributed by atoms with E-state index >= 15 is 0 Å². The van der Waals surface area contributed by atoms with Gasteiger partial charge >= 0.3 is 21.1 Å². The summed E-state index contributed by atoms with van der Waals surface area (Å²) < 4.78 is 8.12. The fourth-order valence-electron chi connectivity index (χ4n) is 4.30. The minimum absolute atomic E-state index is 0. The molecule has 0 spiro atoms. The molecular weight excluding hydrogens is 613 g/mol. The maximum Gasteiger partial charge on any atom is 2.00 e. The Morgan fingerprint density at radius 2 is 1.54 bits per heavy atom. The molecule has 5 heteroatoms. The van der Waals surface area contributed by atoms with E-state index in [0.717, 1.165) is 38.9 Å². The number of benzene rings is 3. The Labute approximate surface area is 218 Å². The average molecular weight is 635 g/mol. The zero-order valence-corrected chi connectivity index (χ0v) is 21.5. The number of nitrogens with zero attached hydrogens (tertiary/aromatic N) is 3. The molecule has 0 saturated carbocycles. The number of fused-ring (bicyclic) bond motifs is 3. The molecule has 0 saturated heterocycles. The summed E-state index contributed by atoms with van der Waals surface area (Å²) in [5, 5.41) is 2.32. The van der Waals surface area contributed by atoms with Gasteiger partial charge in [0, 0.05) is 29.7 Å². The van der Waals surface area contributed by atoms with Gasteiger partial charge in [-0.2, -0.15) is 24.3 Å². The van der Waals surface area contributed by atoms with Crippen LogP contribution in [-0.2, 0) is 21.1 Å². The molecule has 0 bridgehead atoms. The van der Waals surface area contributed by atoms with E-state index in [1.165, 1.54) is 10.9 Å². The van der Waals surface area contributed by atoms with Crippen molar-refractivity contribution >= 4 is 21.8 Å². The smallest absolute Gasteiger partial charge is 0.460 e. The molecule has 6 aromatic rings. The van der Waals surface area contributed by atoms with Crippen molar-refractivity contribution in [3.8, 4) is 28.6 Å². The maximum atomic E-state index is 5.90. The van der Waals surface area contributed by atoms with E-state index in [0.29, 0.717) is 11.6 Å². The standard InChI is InChI=1S/C30H21N3O.Pt/c1-20-15-17-32-30(21(20)2)33-27-11-4-3-10-25(27)26-14-13-23(19-28(26)33)22-8-7-9-24(18-22)34-29-12-5-6-16-31-29;/h3-17H,1-2H3;/q-2;+2. The van der Waals surface area contributed by atoms with Crippen molar-refractivity contribution < 1.29 is 25.8 Å². The maximum absolute atomic E-state index is 5.90. The summed E-state index contributed by atoms with van der Waals surface area (Å²) in [6.45, 7) is 4.24. The Kier molecular flexibility index (Phi) is 6.23. The van der Waals surface area contributed by atoms with Crippen molar-refractivity contribution in [2.45, 2.75) is 13.8 Å². The summed E-state index contributed by atoms with van der Waals surface area (Å²) in [5.41, 5.74) is 6.31. The summed E-state index contributed by atoms with van der Waals surface area (Å²) >= 11 is 0. The Balaban J connectivity index is 0.00000253. The third-order valence-corrected chi connectivity index (χ3v) is 6.15. The van der Waals surface area contributed by atoms with Crippen molar-refractivity contribution in [3.05, 3.63) is 115 Å². The Bertz CT molecular complexity index is 1660. The van der Waals surface area contributed by atoms with Gasteiger partial charge in [-0.1, -0.05) is 29.7 Å². The van der Waals surface area contributed by atoms with Gasteiger partial charge in [-0.25, -0.2) is 21.1 Å². The molecule has 6 rings (SSSR count). The van der Waals surface area contributed by atoms with Crippen LogP contribution in [0.3, 0.4) is 0 Å². The van der Waals surface area contributed by atoms with Crippen molar-refractivity contribution in [3.63, 3.8) is 0 Å². The van der Waals surface area contributed by atoms with E-state index < -0.39 is 0 Å². The molecular formula is C30H21N3OPt. The predicted molar refractivity (Wildman–Crippen MR) is 135 cm³/mol. The van der Waals surface area contributed by atoms with Crippen LogP contribution in [0.2, 0.25) is 0 Å². The fraction of sp³-hybridized carbons (Fsp3) is 0.0667. The largest absolute Gasteiger partial charge is 2.00 e. The molecule has 3 heterocycles. The molecule has 0 fully saturated rings. The second kappa shape index (κ2) is 9.48. The van der Waals surface area contributed by atoms with Gasteiger partial charge in [-0.15, -0.1) is 18.2 Å². The molecule has 0 amide bonds. The van der Waals surface area contributed by atoms with Gasteiger partial charge in [0.25, 0.3) is 0 Å². The molecule has 0 N–H and O–H groups in total. The topological polar surface area (TPSA) is 39.9 Å². The van der Waals surface area contributed by atoms with E-state index in [1.807, 2.05) is 48.7 Å². The summed E-state index contributed by atoms with van der Waals surface area (Å²) in [6, 6.07) is 33.2. The van der Waals surface area contributed by atoms with Crippen molar-refractivity contribution in [2.75, 3.05) is 0 Å². The second-order valence-electron chi connectivity index (χ2n) is 8.26. The molecule has 0 aliphatic heterocycles. The second-order valence-corrected chi connectivity index (χ2v) is 8.26. The number of ether oxygens (including phenoxy) is 1. The molecule has 0 aliphatic carbocycles. The Morgan fingerprint density at radius 3 is 2.40 bits per heavy atom. The fourth-order valence-corrected chi connectivity index (χ4v) is 4.30. The van der Waals surface area contributed by atoms with Crippen molar-refractivity contribution in [1.29, 1.82) is 0 Å². The third-order valence-electron chi connectivity index (χ3n) is 6.15. The van der Waals surface area contributed by atoms with Gasteiger partial charge in [-0.05, 0) is 54.1 Å². The van der Waals surface area contributed by atoms with Crippen molar-refractivity contribution in [2.24, 2.45) is 0 Å². The normalized spacial score (nSPS) is 10.9. The van der Waals surface area contributed by atoms with Crippen LogP contribution in [0, 0.1) is 26.0 Å². The zero-order chi connectivity index (χ0) is 23.1. The van der Waals surface area contributed by atoms with Crippen LogP contribution < -0.4 is 4.74 Å². The zero-order valence-electron chi connectivity index (χ0n) is 19.2. The molecule has 35 heavy (non-hydrogen) atoms. The van der Waals surface area contributed by atoms with Crippen LogP contribution in [0.25, 0.3) is 38.8 Å². The van der Waals surface area contributed by atoms with Crippen LogP contribution in [0.1, 0.15) is 11.1 Å². The van der Waals surface area contributed by atoms with Crippen LogP contribution >= 0.6 is 0 Å². The number of rotatable bonds is 4. The van der Waals surface area contributed by atoms with E-state index in [4.69, 9.17) is 9.72 Å². The predicted octanol–water partition coefficient (Wildman–Crippen LogP) is 7.25. The molecule has 0 atom stereocenters. The molecule has 0 radical (unpaired) electrons. The van der Waals surface area contributed by atoms with Gasteiger partial charge < -0.3 is 9.30 Å². The van der Waals surface area contributed by atoms with Crippen LogP contribution in [0.4, 0.5) is 0 Å². The van der Waals surface area contributed by atoms with Gasteiger partial charge in [-0.3, -0.25) is 0 Å². The van der Waals surface area contributed by atoms with Crippen molar-refractivity contribution in [1.82, 2.24) is 14.5 Å². The third kappa shape index (κ3) is 4.15. The van der Waals surface area contributed by atoms with Gasteiger partial charge in [0.1, 0.15) is 5.82 Å². The van der Waals surface area contributed by atoms with E-state index in [9.17, 15) is 0 Å². The van der Waals surface area contributed by atoms with Crippen LogP contribution in [-0.4, -0.2) is 14.5 Å². The first-order chi connectivity index (χ1) is 16.7. The summed E-state index contributed by atoms with van der Waals surface area (Å²) in [5.74, 6) is 2.08. The van der Waals surface area contributed by atoms with E-state index in [-0.39, 0.29) is 21.1 Å². The number of aromatic nitrogens is 3. The first-order valence-electron chi connectivity index (χ1n) is 11.2. The summed E-state index contributed by atoms with van der Waals surface area (Å²) in [4.78, 5) is 9.00. The molecule has 4 nitrogen and oxygen atoms in total.